The Morgan fingerprint density at radius 1 is 0.564 bits per heavy atom. The number of fused-ring (bicyclic) bond motifs is 12. The van der Waals surface area contributed by atoms with E-state index in [0.717, 1.165) is 45.1 Å². The number of halogens is 5. The summed E-state index contributed by atoms with van der Waals surface area (Å²) in [5, 5.41) is 2.33. The molecule has 0 N–H and O–H groups in total. The van der Waals surface area contributed by atoms with Gasteiger partial charge in [0.2, 0.25) is 20.0 Å². The highest BCUT2D eigenvalue weighted by molar-refractivity contribution is 7.92. The number of pyridine rings is 4. The molecule has 3 aliphatic heterocycles. The molecule has 30 heteroatoms. The number of sulfonamides is 2. The van der Waals surface area contributed by atoms with Crippen LogP contribution in [-0.4, -0.2) is 160 Å². The summed E-state index contributed by atoms with van der Waals surface area (Å²) in [6, 6.07) is 34.4. The van der Waals surface area contributed by atoms with Crippen LogP contribution in [0.2, 0.25) is 5.15 Å². The lowest BCUT2D eigenvalue weighted by Crippen LogP contribution is -2.47. The van der Waals surface area contributed by atoms with Crippen molar-refractivity contribution in [2.24, 2.45) is 0 Å². The number of furan rings is 2. The highest BCUT2D eigenvalue weighted by atomic mass is 35.5. The molecule has 0 aliphatic carbocycles. The van der Waals surface area contributed by atoms with Gasteiger partial charge >= 0.3 is 7.12 Å². The maximum absolute atomic E-state index is 15.2. The molecule has 110 heavy (non-hydrogen) atoms. The molecule has 3 aliphatic rings. The lowest BCUT2D eigenvalue weighted by molar-refractivity contribution is 0.00578. The molecule has 13 heterocycles. The first-order chi connectivity index (χ1) is 52.2. The Kier molecular flexibility index (Phi) is 19.3. The van der Waals surface area contributed by atoms with E-state index in [-0.39, 0.29) is 35.9 Å². The number of anilines is 2. The van der Waals surface area contributed by atoms with E-state index >= 15 is 4.39 Å². The number of carbonyl (C=O) groups is 2. The number of alkyl halides is 2. The van der Waals surface area contributed by atoms with Crippen LogP contribution in [0, 0.1) is 25.5 Å². The van der Waals surface area contributed by atoms with Gasteiger partial charge in [0.1, 0.15) is 74.5 Å². The Bertz CT molecular complexity index is 6330. The van der Waals surface area contributed by atoms with E-state index in [1.54, 1.807) is 105 Å². The SMILES string of the molecule is CCC(=O)c1c(-c2ccc(C)nc2)oc2cc(N(C)S(C)(=O)=O)c(-c3ccc4nc(CN5CC(F)C5)n5c6cccc(F)c6cc5c4n3)cc12.CCC(=O)c1c(-c2ccc(C)nc2)oc2cc(N(C)S(C)(=O)=O)c(B3OC(C)(C)C(C)(C)O3)cc12.Fc1cccc2c1cc1c3nc(Cl)ccc3nc(CN3CC(F)C3)n21. The molecule has 14 aromatic rings. The van der Waals surface area contributed by atoms with Crippen LogP contribution in [0.1, 0.15) is 98.1 Å². The van der Waals surface area contributed by atoms with Gasteiger partial charge in [0, 0.05) is 133 Å². The Morgan fingerprint density at radius 3 is 1.45 bits per heavy atom. The molecular formula is C80H76BClF4N12O10S2. The van der Waals surface area contributed by atoms with Crippen molar-refractivity contribution in [3.8, 4) is 33.9 Å². The second kappa shape index (κ2) is 28.2. The lowest BCUT2D eigenvalue weighted by Gasteiger charge is -2.34. The number of likely N-dealkylation sites (tertiary alicyclic amines) is 2. The van der Waals surface area contributed by atoms with Gasteiger partial charge in [-0.3, -0.25) is 46.8 Å². The van der Waals surface area contributed by atoms with Gasteiger partial charge in [-0.1, -0.05) is 37.6 Å². The summed E-state index contributed by atoms with van der Waals surface area (Å²) in [7, 11) is -5.30. The number of aryl methyl sites for hydroxylation is 2. The Balaban J connectivity index is 0.000000139. The molecule has 566 valence electrons. The highest BCUT2D eigenvalue weighted by Crippen LogP contribution is 2.45. The van der Waals surface area contributed by atoms with Crippen LogP contribution in [0.15, 0.2) is 143 Å². The standard InChI is InChI=1S/C37H32F2N6O4S.C25H31BN2O6S.C18H13ClF2N4/c1-5-32(46)35-25-13-24(30(43(3)50(4,47)48)15-33(25)49-37(35)21-10-9-20(2)40-16-21)27-11-12-28-36(42-27)31-14-23-26(39)7-6-8-29(23)45(31)34(41-28)19-44-17-22(38)18-44;1-9-20(29)22-17-12-18(26-33-24(3,4)25(5,6)34-26)19(28(7)35(8,30)31)13-21(17)32-23(22)16-11-10-15(2)27-14-16;19-16-5-4-13-18(23-16)15-6-11-12(21)2-1-3-14(11)25(15)17(22-13)9-24-7-10(20)8-24/h6-16,22H,5,17-19H2,1-4H3;10-14H,9H2,1-8H3;1-6,10H,7-9H2. The van der Waals surface area contributed by atoms with Crippen molar-refractivity contribution >= 4 is 144 Å². The molecule has 0 spiro atoms. The van der Waals surface area contributed by atoms with Crippen LogP contribution in [0.5, 0.6) is 0 Å². The van der Waals surface area contributed by atoms with Gasteiger partial charge in [-0.2, -0.15) is 0 Å². The normalized spacial score (nSPS) is 15.6. The molecule has 0 bridgehead atoms. The molecule has 4 aromatic carbocycles. The first kappa shape index (κ1) is 75.2. The van der Waals surface area contributed by atoms with E-state index < -0.39 is 56.5 Å². The van der Waals surface area contributed by atoms with Gasteiger partial charge in [-0.25, -0.2) is 54.3 Å². The molecule has 3 saturated heterocycles. The van der Waals surface area contributed by atoms with Crippen LogP contribution in [0.25, 0.3) is 111 Å². The third-order valence-corrected chi connectivity index (χ3v) is 23.6. The summed E-state index contributed by atoms with van der Waals surface area (Å²) >= 11 is 6.05. The van der Waals surface area contributed by atoms with Gasteiger partial charge in [0.15, 0.2) is 11.6 Å². The van der Waals surface area contributed by atoms with Gasteiger partial charge in [0.25, 0.3) is 0 Å². The molecule has 17 rings (SSSR count). The fourth-order valence-corrected chi connectivity index (χ4v) is 15.4. The molecule has 0 radical (unpaired) electrons. The summed E-state index contributed by atoms with van der Waals surface area (Å²) < 4.78 is 138. The smallest absolute Gasteiger partial charge is 0.455 e. The minimum absolute atomic E-state index is 0.0941. The van der Waals surface area contributed by atoms with Crippen molar-refractivity contribution in [2.45, 2.75) is 105 Å². The number of aromatic nitrogens is 8. The van der Waals surface area contributed by atoms with Crippen molar-refractivity contribution in [2.75, 3.05) is 61.4 Å². The first-order valence-electron chi connectivity index (χ1n) is 35.7. The average molecular weight is 1550 g/mol. The quantitative estimate of drug-likeness (QED) is 0.0377. The maximum atomic E-state index is 15.2. The minimum Gasteiger partial charge on any atom is -0.455 e. The second-order valence-corrected chi connectivity index (χ2v) is 33.6. The minimum atomic E-state index is -3.76. The second-order valence-electron chi connectivity index (χ2n) is 29.1. The zero-order chi connectivity index (χ0) is 78.1. The number of Topliss-reactive ketones (excluding diaryl/α,β-unsaturated/α-hetero) is 2. The summed E-state index contributed by atoms with van der Waals surface area (Å²) in [5.74, 6) is 1.16. The number of benzene rings is 4. The van der Waals surface area contributed by atoms with E-state index in [0.29, 0.717) is 172 Å². The number of ketones is 2. The van der Waals surface area contributed by atoms with Gasteiger partial charge in [0.05, 0.1) is 98.1 Å². The van der Waals surface area contributed by atoms with Gasteiger partial charge in [-0.15, -0.1) is 0 Å². The number of carbonyl (C=O) groups excluding carboxylic acids is 2. The number of nitrogens with zero attached hydrogens (tertiary/aromatic N) is 12. The molecular weight excluding hydrogens is 1480 g/mol. The Morgan fingerprint density at radius 2 is 1.01 bits per heavy atom. The fourth-order valence-electron chi connectivity index (χ4n) is 14.2. The molecule has 3 fully saturated rings. The predicted octanol–water partition coefficient (Wildman–Crippen LogP) is 15.2. The van der Waals surface area contributed by atoms with Crippen LogP contribution < -0.4 is 14.1 Å². The monoisotopic (exact) mass is 1550 g/mol. The van der Waals surface area contributed by atoms with Crippen molar-refractivity contribution in [3.05, 3.63) is 185 Å². The number of rotatable bonds is 16. The summed E-state index contributed by atoms with van der Waals surface area (Å²) in [4.78, 5) is 58.3. The van der Waals surface area contributed by atoms with Crippen molar-refractivity contribution < 1.29 is 62.1 Å². The largest absolute Gasteiger partial charge is 0.497 e. The van der Waals surface area contributed by atoms with E-state index in [9.17, 15) is 39.6 Å². The van der Waals surface area contributed by atoms with Crippen molar-refractivity contribution in [1.29, 1.82) is 0 Å². The lowest BCUT2D eigenvalue weighted by atomic mass is 9.76. The highest BCUT2D eigenvalue weighted by Gasteiger charge is 2.53. The van der Waals surface area contributed by atoms with E-state index in [1.807, 2.05) is 90.5 Å². The first-order valence-corrected chi connectivity index (χ1v) is 39.8. The van der Waals surface area contributed by atoms with E-state index in [4.69, 9.17) is 44.7 Å². The molecule has 0 unspecified atom stereocenters. The molecule has 22 nitrogen and oxygen atoms in total. The number of hydrogen-bond donors (Lipinski definition) is 0. The van der Waals surface area contributed by atoms with Crippen LogP contribution >= 0.6 is 11.6 Å². The molecule has 0 amide bonds. The van der Waals surface area contributed by atoms with Crippen molar-refractivity contribution in [1.82, 2.24) is 48.5 Å². The van der Waals surface area contributed by atoms with E-state index in [2.05, 4.69) is 15.0 Å². The topological polar surface area (TPSA) is 246 Å². The van der Waals surface area contributed by atoms with Crippen LogP contribution in [-0.2, 0) is 42.4 Å². The predicted molar refractivity (Wildman–Crippen MR) is 420 cm³/mol. The summed E-state index contributed by atoms with van der Waals surface area (Å²) in [6.07, 6.45) is 4.35. The van der Waals surface area contributed by atoms with Crippen LogP contribution in [0.4, 0.5) is 28.9 Å². The fraction of sp³-hybridized carbons (Fsp3) is 0.300. The zero-order valence-corrected chi connectivity index (χ0v) is 64.6. The summed E-state index contributed by atoms with van der Waals surface area (Å²) in [5.41, 5.74) is 10.2. The van der Waals surface area contributed by atoms with Crippen LogP contribution in [0.3, 0.4) is 0 Å². The van der Waals surface area contributed by atoms with Crippen molar-refractivity contribution in [3.63, 3.8) is 0 Å². The Hall–Kier alpha value is -10.3. The third-order valence-electron chi connectivity index (χ3n) is 21.0. The molecule has 10 aromatic heterocycles. The van der Waals surface area contributed by atoms with Gasteiger partial charge in [-0.05, 0) is 139 Å². The van der Waals surface area contributed by atoms with Gasteiger partial charge < -0.3 is 18.1 Å². The van der Waals surface area contributed by atoms with E-state index in [1.165, 1.54) is 30.5 Å². The molecule has 0 saturated carbocycles. The molecule has 0 atom stereocenters. The Labute approximate surface area is 635 Å². The number of hydrogen-bond acceptors (Lipinski definition) is 18. The zero-order valence-electron chi connectivity index (χ0n) is 62.2. The maximum Gasteiger partial charge on any atom is 0.497 e. The third kappa shape index (κ3) is 13.7. The summed E-state index contributed by atoms with van der Waals surface area (Å²) in [6.45, 7) is 17.3. The average Bonchev–Trinajstić information content (AvgIpc) is 1.52.